The summed E-state index contributed by atoms with van der Waals surface area (Å²) in [5, 5.41) is 0. The Labute approximate surface area is 103 Å². The van der Waals surface area contributed by atoms with E-state index >= 15 is 0 Å². The first kappa shape index (κ1) is 12.4. The highest BCUT2D eigenvalue weighted by molar-refractivity contribution is 5.29. The van der Waals surface area contributed by atoms with Gasteiger partial charge < -0.3 is 15.2 Å². The molecule has 17 heavy (non-hydrogen) atoms. The second-order valence-corrected chi connectivity index (χ2v) is 4.89. The molecule has 1 aromatic carbocycles. The molecule has 3 nitrogen and oxygen atoms in total. The van der Waals surface area contributed by atoms with Gasteiger partial charge in [-0.15, -0.1) is 0 Å². The van der Waals surface area contributed by atoms with Crippen molar-refractivity contribution in [2.24, 2.45) is 11.7 Å². The molecule has 0 aliphatic carbocycles. The van der Waals surface area contributed by atoms with E-state index in [9.17, 15) is 0 Å². The smallest absolute Gasteiger partial charge is 0.119 e. The molecule has 2 rings (SSSR count). The summed E-state index contributed by atoms with van der Waals surface area (Å²) in [4.78, 5) is 0. The maximum atomic E-state index is 6.23. The Kier molecular flexibility index (Phi) is 4.02. The molecule has 2 N–H and O–H groups in total. The molecule has 94 valence electrons. The normalized spacial score (nSPS) is 21.8. The van der Waals surface area contributed by atoms with Crippen molar-refractivity contribution in [3.05, 3.63) is 29.8 Å². The van der Waals surface area contributed by atoms with Crippen LogP contribution in [0.2, 0.25) is 0 Å². The molecule has 0 bridgehead atoms. The van der Waals surface area contributed by atoms with Crippen molar-refractivity contribution in [3.63, 3.8) is 0 Å². The van der Waals surface area contributed by atoms with Crippen molar-refractivity contribution in [2.45, 2.75) is 32.4 Å². The third-order valence-corrected chi connectivity index (χ3v) is 3.11. The van der Waals surface area contributed by atoms with Gasteiger partial charge in [-0.2, -0.15) is 0 Å². The number of nitrogens with two attached hydrogens (primary N) is 1. The van der Waals surface area contributed by atoms with Gasteiger partial charge in [0.2, 0.25) is 0 Å². The zero-order chi connectivity index (χ0) is 12.3. The standard InChI is InChI=1S/C14H21NO2/c1-10(2)17-13-5-3-11(4-6-13)14(15)12-7-8-16-9-12/h3-6,10,12,14H,7-9,15H2,1-2H3. The van der Waals surface area contributed by atoms with Crippen LogP contribution in [0.4, 0.5) is 0 Å². The Hall–Kier alpha value is -1.06. The predicted octanol–water partition coefficient (Wildman–Crippen LogP) is 2.51. The fourth-order valence-electron chi connectivity index (χ4n) is 2.15. The van der Waals surface area contributed by atoms with Crippen LogP contribution in [0.5, 0.6) is 5.75 Å². The number of hydrogen-bond donors (Lipinski definition) is 1. The van der Waals surface area contributed by atoms with E-state index in [1.807, 2.05) is 26.0 Å². The molecule has 1 aromatic rings. The van der Waals surface area contributed by atoms with Crippen molar-refractivity contribution in [1.82, 2.24) is 0 Å². The summed E-state index contributed by atoms with van der Waals surface area (Å²) in [6, 6.07) is 8.17. The summed E-state index contributed by atoms with van der Waals surface area (Å²) in [6.07, 6.45) is 1.27. The lowest BCUT2D eigenvalue weighted by atomic mass is 9.93. The monoisotopic (exact) mass is 235 g/mol. The summed E-state index contributed by atoms with van der Waals surface area (Å²) < 4.78 is 11.0. The molecular formula is C14H21NO2. The van der Waals surface area contributed by atoms with Gasteiger partial charge in [-0.1, -0.05) is 12.1 Å². The van der Waals surface area contributed by atoms with E-state index in [1.54, 1.807) is 0 Å². The largest absolute Gasteiger partial charge is 0.491 e. The van der Waals surface area contributed by atoms with Crippen LogP contribution in [0.15, 0.2) is 24.3 Å². The Balaban J connectivity index is 2.01. The third-order valence-electron chi connectivity index (χ3n) is 3.11. The summed E-state index contributed by atoms with van der Waals surface area (Å²) in [5.41, 5.74) is 7.39. The van der Waals surface area contributed by atoms with Crippen molar-refractivity contribution < 1.29 is 9.47 Å². The first-order valence-corrected chi connectivity index (χ1v) is 6.27. The van der Waals surface area contributed by atoms with Crippen LogP contribution in [-0.2, 0) is 4.74 Å². The molecule has 2 unspecified atom stereocenters. The van der Waals surface area contributed by atoms with Gasteiger partial charge in [0.05, 0.1) is 12.7 Å². The van der Waals surface area contributed by atoms with Crippen molar-refractivity contribution in [3.8, 4) is 5.75 Å². The van der Waals surface area contributed by atoms with Crippen LogP contribution < -0.4 is 10.5 Å². The van der Waals surface area contributed by atoms with E-state index in [2.05, 4.69) is 12.1 Å². The fourth-order valence-corrected chi connectivity index (χ4v) is 2.15. The highest BCUT2D eigenvalue weighted by atomic mass is 16.5. The quantitative estimate of drug-likeness (QED) is 0.872. The molecule has 0 saturated carbocycles. The van der Waals surface area contributed by atoms with Gasteiger partial charge in [0.1, 0.15) is 5.75 Å². The fraction of sp³-hybridized carbons (Fsp3) is 0.571. The number of rotatable bonds is 4. The van der Waals surface area contributed by atoms with Gasteiger partial charge >= 0.3 is 0 Å². The van der Waals surface area contributed by atoms with Crippen molar-refractivity contribution >= 4 is 0 Å². The second-order valence-electron chi connectivity index (χ2n) is 4.89. The molecule has 0 spiro atoms. The van der Waals surface area contributed by atoms with E-state index < -0.39 is 0 Å². The lowest BCUT2D eigenvalue weighted by Gasteiger charge is -2.18. The minimum absolute atomic E-state index is 0.0746. The Morgan fingerprint density at radius 1 is 1.29 bits per heavy atom. The molecule has 2 atom stereocenters. The van der Waals surface area contributed by atoms with Crippen LogP contribution in [0.25, 0.3) is 0 Å². The molecule has 1 heterocycles. The Morgan fingerprint density at radius 3 is 2.53 bits per heavy atom. The van der Waals surface area contributed by atoms with E-state index in [4.69, 9.17) is 15.2 Å². The molecule has 0 aromatic heterocycles. The maximum Gasteiger partial charge on any atom is 0.119 e. The van der Waals surface area contributed by atoms with Crippen LogP contribution in [0.3, 0.4) is 0 Å². The number of benzene rings is 1. The minimum atomic E-state index is 0.0746. The van der Waals surface area contributed by atoms with Gasteiger partial charge in [-0.05, 0) is 38.0 Å². The first-order valence-electron chi connectivity index (χ1n) is 6.27. The molecule has 1 fully saturated rings. The molecule has 1 aliphatic heterocycles. The van der Waals surface area contributed by atoms with E-state index in [-0.39, 0.29) is 12.1 Å². The van der Waals surface area contributed by atoms with E-state index in [0.29, 0.717) is 5.92 Å². The van der Waals surface area contributed by atoms with Crippen LogP contribution in [-0.4, -0.2) is 19.3 Å². The maximum absolute atomic E-state index is 6.23. The molecular weight excluding hydrogens is 214 g/mol. The lowest BCUT2D eigenvalue weighted by Crippen LogP contribution is -2.21. The van der Waals surface area contributed by atoms with E-state index in [0.717, 1.165) is 30.9 Å². The minimum Gasteiger partial charge on any atom is -0.491 e. The first-order chi connectivity index (χ1) is 8.16. The zero-order valence-corrected chi connectivity index (χ0v) is 10.6. The average molecular weight is 235 g/mol. The third kappa shape index (κ3) is 3.20. The molecule has 0 amide bonds. The molecule has 1 saturated heterocycles. The van der Waals surface area contributed by atoms with Gasteiger partial charge in [0.25, 0.3) is 0 Å². The Morgan fingerprint density at radius 2 is 2.00 bits per heavy atom. The van der Waals surface area contributed by atoms with Gasteiger partial charge in [0.15, 0.2) is 0 Å². The zero-order valence-electron chi connectivity index (χ0n) is 10.6. The van der Waals surface area contributed by atoms with Gasteiger partial charge in [0, 0.05) is 18.6 Å². The summed E-state index contributed by atoms with van der Waals surface area (Å²) >= 11 is 0. The van der Waals surface area contributed by atoms with Crippen LogP contribution in [0.1, 0.15) is 31.9 Å². The SMILES string of the molecule is CC(C)Oc1ccc(C(N)C2CCOC2)cc1. The van der Waals surface area contributed by atoms with Crippen molar-refractivity contribution in [1.29, 1.82) is 0 Å². The molecule has 0 radical (unpaired) electrons. The number of hydrogen-bond acceptors (Lipinski definition) is 3. The average Bonchev–Trinajstić information content (AvgIpc) is 2.82. The van der Waals surface area contributed by atoms with Crippen molar-refractivity contribution in [2.75, 3.05) is 13.2 Å². The summed E-state index contributed by atoms with van der Waals surface area (Å²) in [6.45, 7) is 5.67. The van der Waals surface area contributed by atoms with E-state index in [1.165, 1.54) is 0 Å². The highest BCUT2D eigenvalue weighted by Crippen LogP contribution is 2.27. The number of ether oxygens (including phenoxy) is 2. The topological polar surface area (TPSA) is 44.5 Å². The summed E-state index contributed by atoms with van der Waals surface area (Å²) in [7, 11) is 0. The second kappa shape index (κ2) is 5.52. The van der Waals surface area contributed by atoms with Crippen LogP contribution >= 0.6 is 0 Å². The lowest BCUT2D eigenvalue weighted by molar-refractivity contribution is 0.181. The Bertz CT molecular complexity index is 342. The highest BCUT2D eigenvalue weighted by Gasteiger charge is 2.23. The molecule has 3 heteroatoms. The molecule has 1 aliphatic rings. The van der Waals surface area contributed by atoms with Gasteiger partial charge in [-0.25, -0.2) is 0 Å². The van der Waals surface area contributed by atoms with Gasteiger partial charge in [-0.3, -0.25) is 0 Å². The summed E-state index contributed by atoms with van der Waals surface area (Å²) in [5.74, 6) is 1.35. The predicted molar refractivity (Wildman–Crippen MR) is 68.1 cm³/mol. The van der Waals surface area contributed by atoms with Crippen LogP contribution in [0, 0.1) is 5.92 Å².